The molecule has 1 aromatic rings. The van der Waals surface area contributed by atoms with Crippen molar-refractivity contribution in [3.05, 3.63) is 35.9 Å². The van der Waals surface area contributed by atoms with Crippen LogP contribution in [-0.4, -0.2) is 24.8 Å². The molecular weight excluding hydrogens is 204 g/mol. The van der Waals surface area contributed by atoms with E-state index in [9.17, 15) is 4.79 Å². The molecule has 86 valence electrons. The van der Waals surface area contributed by atoms with Crippen molar-refractivity contribution in [3.63, 3.8) is 0 Å². The van der Waals surface area contributed by atoms with Crippen molar-refractivity contribution in [2.45, 2.75) is 32.0 Å². The van der Waals surface area contributed by atoms with Gasteiger partial charge in [-0.2, -0.15) is 0 Å². The molecule has 0 radical (unpaired) electrons. The molecule has 0 spiro atoms. The van der Waals surface area contributed by atoms with Crippen LogP contribution < -0.4 is 0 Å². The standard InChI is InChI=1S/C13H16O3/c1-10-12(9-13(14)16-10)15-8-7-11-5-3-2-4-6-11/h2-6,10,12H,7-9H2,1H3. The number of cyclic esters (lactones) is 1. The summed E-state index contributed by atoms with van der Waals surface area (Å²) in [6, 6.07) is 10.2. The molecule has 1 aliphatic rings. The van der Waals surface area contributed by atoms with Gasteiger partial charge in [-0.3, -0.25) is 4.79 Å². The van der Waals surface area contributed by atoms with Crippen LogP contribution in [0.4, 0.5) is 0 Å². The lowest BCUT2D eigenvalue weighted by Crippen LogP contribution is -2.22. The smallest absolute Gasteiger partial charge is 0.308 e. The quantitative estimate of drug-likeness (QED) is 0.727. The lowest BCUT2D eigenvalue weighted by atomic mass is 10.1. The molecule has 1 aliphatic heterocycles. The number of ether oxygens (including phenoxy) is 2. The van der Waals surface area contributed by atoms with Crippen LogP contribution in [0.2, 0.25) is 0 Å². The predicted octanol–water partition coefficient (Wildman–Crippen LogP) is 1.95. The average Bonchev–Trinajstić information content (AvgIpc) is 2.59. The highest BCUT2D eigenvalue weighted by atomic mass is 16.6. The maximum atomic E-state index is 11.0. The first kappa shape index (κ1) is 11.1. The van der Waals surface area contributed by atoms with Gasteiger partial charge in [0, 0.05) is 0 Å². The van der Waals surface area contributed by atoms with Crippen LogP contribution in [0, 0.1) is 0 Å². The molecule has 0 saturated carbocycles. The number of hydrogen-bond donors (Lipinski definition) is 0. The molecule has 0 amide bonds. The molecule has 1 saturated heterocycles. The van der Waals surface area contributed by atoms with E-state index in [1.807, 2.05) is 25.1 Å². The molecule has 16 heavy (non-hydrogen) atoms. The highest BCUT2D eigenvalue weighted by Crippen LogP contribution is 2.18. The number of esters is 1. The Hall–Kier alpha value is -1.35. The van der Waals surface area contributed by atoms with Gasteiger partial charge in [-0.15, -0.1) is 0 Å². The number of carbonyl (C=O) groups is 1. The van der Waals surface area contributed by atoms with Crippen LogP contribution in [0.3, 0.4) is 0 Å². The molecule has 1 aromatic carbocycles. The fourth-order valence-electron chi connectivity index (χ4n) is 1.83. The Bertz CT molecular complexity index is 347. The van der Waals surface area contributed by atoms with Crippen molar-refractivity contribution >= 4 is 5.97 Å². The third kappa shape index (κ3) is 2.83. The van der Waals surface area contributed by atoms with E-state index in [-0.39, 0.29) is 18.2 Å². The fraction of sp³-hybridized carbons (Fsp3) is 0.462. The monoisotopic (exact) mass is 220 g/mol. The fourth-order valence-corrected chi connectivity index (χ4v) is 1.83. The second-order valence-electron chi connectivity index (χ2n) is 4.04. The lowest BCUT2D eigenvalue weighted by molar-refractivity contribution is -0.141. The van der Waals surface area contributed by atoms with Crippen molar-refractivity contribution < 1.29 is 14.3 Å². The van der Waals surface area contributed by atoms with Crippen LogP contribution in [0.15, 0.2) is 30.3 Å². The van der Waals surface area contributed by atoms with Gasteiger partial charge in [-0.1, -0.05) is 30.3 Å². The highest BCUT2D eigenvalue weighted by molar-refractivity contribution is 5.72. The van der Waals surface area contributed by atoms with E-state index < -0.39 is 0 Å². The van der Waals surface area contributed by atoms with Gasteiger partial charge in [0.25, 0.3) is 0 Å². The summed E-state index contributed by atoms with van der Waals surface area (Å²) in [5.41, 5.74) is 1.25. The zero-order valence-corrected chi connectivity index (χ0v) is 9.39. The minimum atomic E-state index is -0.155. The summed E-state index contributed by atoms with van der Waals surface area (Å²) in [5, 5.41) is 0. The number of carbonyl (C=O) groups excluding carboxylic acids is 1. The van der Waals surface area contributed by atoms with Gasteiger partial charge < -0.3 is 9.47 Å². The van der Waals surface area contributed by atoms with Crippen LogP contribution in [0.5, 0.6) is 0 Å². The van der Waals surface area contributed by atoms with Crippen molar-refractivity contribution in [2.75, 3.05) is 6.61 Å². The third-order valence-corrected chi connectivity index (χ3v) is 2.77. The van der Waals surface area contributed by atoms with E-state index in [2.05, 4.69) is 12.1 Å². The van der Waals surface area contributed by atoms with E-state index in [0.29, 0.717) is 13.0 Å². The summed E-state index contributed by atoms with van der Waals surface area (Å²) in [6.45, 7) is 2.51. The summed E-state index contributed by atoms with van der Waals surface area (Å²) in [5.74, 6) is -0.155. The molecule has 0 aromatic heterocycles. The minimum absolute atomic E-state index is 0.0730. The Morgan fingerprint density at radius 2 is 2.12 bits per heavy atom. The van der Waals surface area contributed by atoms with E-state index in [4.69, 9.17) is 9.47 Å². The van der Waals surface area contributed by atoms with Crippen LogP contribution in [-0.2, 0) is 20.7 Å². The van der Waals surface area contributed by atoms with Crippen LogP contribution in [0.1, 0.15) is 18.9 Å². The van der Waals surface area contributed by atoms with Gasteiger partial charge in [0.15, 0.2) is 0 Å². The third-order valence-electron chi connectivity index (χ3n) is 2.77. The highest BCUT2D eigenvalue weighted by Gasteiger charge is 2.31. The molecule has 1 fully saturated rings. The first-order chi connectivity index (χ1) is 7.75. The zero-order valence-electron chi connectivity index (χ0n) is 9.39. The number of benzene rings is 1. The van der Waals surface area contributed by atoms with Gasteiger partial charge in [0.1, 0.15) is 12.2 Å². The topological polar surface area (TPSA) is 35.5 Å². The Balaban J connectivity index is 1.74. The van der Waals surface area contributed by atoms with Gasteiger partial charge in [0.2, 0.25) is 0 Å². The van der Waals surface area contributed by atoms with Crippen molar-refractivity contribution in [3.8, 4) is 0 Å². The SMILES string of the molecule is CC1OC(=O)CC1OCCc1ccccc1. The maximum Gasteiger partial charge on any atom is 0.308 e. The number of rotatable bonds is 4. The summed E-state index contributed by atoms with van der Waals surface area (Å²) >= 11 is 0. The second-order valence-corrected chi connectivity index (χ2v) is 4.04. The molecule has 3 nitrogen and oxygen atoms in total. The molecule has 1 heterocycles. The Morgan fingerprint density at radius 3 is 2.75 bits per heavy atom. The van der Waals surface area contributed by atoms with Crippen molar-refractivity contribution in [1.29, 1.82) is 0 Å². The van der Waals surface area contributed by atoms with Gasteiger partial charge in [0.05, 0.1) is 13.0 Å². The van der Waals surface area contributed by atoms with Crippen molar-refractivity contribution in [2.24, 2.45) is 0 Å². The Morgan fingerprint density at radius 1 is 1.38 bits per heavy atom. The molecule has 2 rings (SSSR count). The second kappa shape index (κ2) is 5.12. The molecule has 2 unspecified atom stereocenters. The summed E-state index contributed by atoms with van der Waals surface area (Å²) < 4.78 is 10.7. The number of hydrogen-bond acceptors (Lipinski definition) is 3. The lowest BCUT2D eigenvalue weighted by Gasteiger charge is -2.13. The zero-order chi connectivity index (χ0) is 11.4. The molecular formula is C13H16O3. The average molecular weight is 220 g/mol. The van der Waals surface area contributed by atoms with Crippen molar-refractivity contribution in [1.82, 2.24) is 0 Å². The van der Waals surface area contributed by atoms with Crippen LogP contribution >= 0.6 is 0 Å². The summed E-state index contributed by atoms with van der Waals surface area (Å²) in [6.07, 6.45) is 1.08. The molecule has 2 atom stereocenters. The van der Waals surface area contributed by atoms with E-state index in [1.165, 1.54) is 5.56 Å². The van der Waals surface area contributed by atoms with E-state index >= 15 is 0 Å². The summed E-state index contributed by atoms with van der Waals surface area (Å²) in [4.78, 5) is 11.0. The van der Waals surface area contributed by atoms with Gasteiger partial charge in [-0.25, -0.2) is 0 Å². The Labute approximate surface area is 95.4 Å². The molecule has 3 heteroatoms. The first-order valence-corrected chi connectivity index (χ1v) is 5.61. The molecule has 0 aliphatic carbocycles. The first-order valence-electron chi connectivity index (χ1n) is 5.61. The Kier molecular flexibility index (Phi) is 3.57. The maximum absolute atomic E-state index is 11.0. The van der Waals surface area contributed by atoms with Crippen LogP contribution in [0.25, 0.3) is 0 Å². The molecule has 0 bridgehead atoms. The van der Waals surface area contributed by atoms with Gasteiger partial charge >= 0.3 is 5.97 Å². The normalized spacial score (nSPS) is 24.4. The largest absolute Gasteiger partial charge is 0.460 e. The minimum Gasteiger partial charge on any atom is -0.460 e. The molecule has 0 N–H and O–H groups in total. The van der Waals surface area contributed by atoms with E-state index in [1.54, 1.807) is 0 Å². The van der Waals surface area contributed by atoms with Gasteiger partial charge in [-0.05, 0) is 18.9 Å². The van der Waals surface area contributed by atoms with E-state index in [0.717, 1.165) is 6.42 Å². The predicted molar refractivity (Wildman–Crippen MR) is 60.1 cm³/mol. The summed E-state index contributed by atoms with van der Waals surface area (Å²) in [7, 11) is 0.